The van der Waals surface area contributed by atoms with Gasteiger partial charge in [0.05, 0.1) is 47.9 Å². The summed E-state index contributed by atoms with van der Waals surface area (Å²) in [6, 6.07) is 70.7. The van der Waals surface area contributed by atoms with E-state index in [1.54, 1.807) is 63.7 Å². The van der Waals surface area contributed by atoms with Crippen LogP contribution in [0.15, 0.2) is 315 Å². The lowest BCUT2D eigenvalue weighted by Gasteiger charge is -2.09. The van der Waals surface area contributed by atoms with Crippen LogP contribution in [0.2, 0.25) is 5.02 Å². The predicted molar refractivity (Wildman–Crippen MR) is 565 cm³/mol. The first-order chi connectivity index (χ1) is 68.7. The third kappa shape index (κ3) is 19.8. The lowest BCUT2D eigenvalue weighted by atomic mass is 10.0. The first kappa shape index (κ1) is 93.6. The number of nitrogens with zero attached hydrogens (tertiary/aromatic N) is 15. The van der Waals surface area contributed by atoms with Crippen molar-refractivity contribution in [3.05, 3.63) is 365 Å². The van der Waals surface area contributed by atoms with E-state index < -0.39 is 0 Å². The van der Waals surface area contributed by atoms with E-state index in [2.05, 4.69) is 117 Å². The van der Waals surface area contributed by atoms with Crippen LogP contribution < -0.4 is 37.3 Å². The molecule has 23 aromatic rings. The van der Waals surface area contributed by atoms with Crippen molar-refractivity contribution in [2.24, 2.45) is 27.1 Å². The molecular weight excluding hydrogens is 1890 g/mol. The highest BCUT2D eigenvalue weighted by Gasteiger charge is 2.28. The average molecular weight is 1970 g/mol. The molecule has 0 amide bonds. The first-order valence-corrected chi connectivity index (χ1v) is 48.9. The lowest BCUT2D eigenvalue weighted by Crippen LogP contribution is -2.09. The molecule has 0 aliphatic rings. The number of hydrogen-bond acceptors (Lipinski definition) is 25. The summed E-state index contributed by atoms with van der Waals surface area (Å²) in [5, 5.41) is 4.59. The molecule has 5 N–H and O–H groups in total. The van der Waals surface area contributed by atoms with Crippen molar-refractivity contribution >= 4 is 119 Å². The van der Waals surface area contributed by atoms with Crippen LogP contribution in [0.3, 0.4) is 0 Å². The first-order valence-electron chi connectivity index (χ1n) is 44.4. The van der Waals surface area contributed by atoms with Crippen LogP contribution >= 0.6 is 68.3 Å². The highest BCUT2D eigenvalue weighted by atomic mass is 35.5. The summed E-state index contributed by atoms with van der Waals surface area (Å²) in [4.78, 5) is 135. The number of rotatable bonds is 19. The van der Waals surface area contributed by atoms with Crippen LogP contribution in [0, 0.1) is 19.8 Å². The van der Waals surface area contributed by atoms with Crippen molar-refractivity contribution in [1.82, 2.24) is 98.4 Å². The Morgan fingerprint density at radius 1 is 0.369 bits per heavy atom. The molecule has 28 nitrogen and oxygen atoms in total. The van der Waals surface area contributed by atoms with Gasteiger partial charge in [0.15, 0.2) is 46.6 Å². The molecule has 17 heterocycles. The van der Waals surface area contributed by atoms with Gasteiger partial charge >= 0.3 is 0 Å². The molecular formula is C107H85ClN20O8S5. The van der Waals surface area contributed by atoms with Gasteiger partial charge in [-0.3, -0.25) is 33.9 Å². The van der Waals surface area contributed by atoms with Gasteiger partial charge in [-0.25, -0.2) is 49.8 Å². The van der Waals surface area contributed by atoms with E-state index in [0.29, 0.717) is 139 Å². The zero-order valence-electron chi connectivity index (χ0n) is 77.1. The Bertz CT molecular complexity index is 8820. The van der Waals surface area contributed by atoms with Gasteiger partial charge in [-0.2, -0.15) is 0 Å². The van der Waals surface area contributed by atoms with E-state index in [0.717, 1.165) is 104 Å². The Morgan fingerprint density at radius 3 is 1.16 bits per heavy atom. The summed E-state index contributed by atoms with van der Waals surface area (Å²) in [6.07, 6.45) is 17.4. The van der Waals surface area contributed by atoms with Crippen LogP contribution in [0.4, 0.5) is 0 Å². The zero-order valence-corrected chi connectivity index (χ0v) is 81.9. The minimum Gasteiger partial charge on any atom is -0.481 e. The molecule has 34 heteroatoms. The molecule has 0 unspecified atom stereocenters. The van der Waals surface area contributed by atoms with Crippen LogP contribution in [0.5, 0.6) is 11.8 Å². The van der Waals surface area contributed by atoms with Gasteiger partial charge in [0.2, 0.25) is 11.8 Å². The predicted octanol–water partition coefficient (Wildman–Crippen LogP) is 22.8. The summed E-state index contributed by atoms with van der Waals surface area (Å²) < 4.78 is 24.6. The molecule has 141 heavy (non-hydrogen) atoms. The minimum atomic E-state index is -0.187. The lowest BCUT2D eigenvalue weighted by molar-refractivity contribution is 0.184. The fraction of sp³-hybridized carbons (Fsp3) is 0.112. The summed E-state index contributed by atoms with van der Waals surface area (Å²) in [5.74, 6) is 5.59. The highest BCUT2D eigenvalue weighted by molar-refractivity contribution is 7.24. The van der Waals surface area contributed by atoms with E-state index in [4.69, 9.17) is 45.7 Å². The standard InChI is InChI=1S/C25H23N5O2S.C22H15ClN4OS.C22H17N5O2S.C20H17N3O2S.C18H13N3OS/c1-15(2)14-32-18-10-9-17(13-27-18)19-20-22(33-21(19)16-7-5-4-6-8-16)25(31)29-23(28-20)24-26-11-12-30(24)3;1-27-12-11-24-21(27)20-25-17-16(14-9-5-6-10-15(14)23)18(13-7-3-2-4-8-13)29-19(17)22(28)26-20;1-27-11-10-23-21(27)20-25-17-16(14-8-9-15(29-2)24-12-14)18(13-6-4-3-5-7-13)30-19(17)22(28)26-20;1-12-9-13(6-7-14(12)10-25-2)15-11-26-18-17(15)22-19(23-20(18)24)16-5-3-4-8-21-16;1-11-5-4-6-12(9-11)13-10-23-16-15(13)20-17(21-18(16)22)14-7-2-3-8-19-14/h4-13,15H,14H2,1-3H3,(H,28,29,31);2-12H,1H3,(H,25,26,28);3-12H,1-2H3,(H,25,26,28);3-9,11H,10H2,1-2H3,(H,22,23,24);2-10H,1H3,(H,20,21,22). The average Bonchev–Trinajstić information content (AvgIpc) is 1.61. The second-order valence-corrected chi connectivity index (χ2v) is 38.1. The second kappa shape index (κ2) is 41.5. The normalized spacial score (nSPS) is 11.2. The Kier molecular flexibility index (Phi) is 27.5. The number of aromatic amines is 5. The molecule has 6 aromatic carbocycles. The number of aryl methyl sites for hydroxylation is 5. The van der Waals surface area contributed by atoms with E-state index in [-0.39, 0.29) is 27.8 Å². The molecule has 0 saturated carbocycles. The fourth-order valence-electron chi connectivity index (χ4n) is 15.9. The van der Waals surface area contributed by atoms with Gasteiger partial charge in [0, 0.05) is 177 Å². The van der Waals surface area contributed by atoms with Crippen LogP contribution in [-0.2, 0) is 32.5 Å². The maximum atomic E-state index is 13.1. The third-order valence-electron chi connectivity index (χ3n) is 22.8. The number of thiophene rings is 5. The van der Waals surface area contributed by atoms with Gasteiger partial charge in [-0.05, 0) is 101 Å². The van der Waals surface area contributed by atoms with Crippen molar-refractivity contribution < 1.29 is 14.2 Å². The summed E-state index contributed by atoms with van der Waals surface area (Å²) >= 11 is 13.7. The summed E-state index contributed by atoms with van der Waals surface area (Å²) in [5.41, 5.74) is 19.6. The molecule has 0 aliphatic heterocycles. The van der Waals surface area contributed by atoms with Crippen molar-refractivity contribution in [2.75, 3.05) is 20.8 Å². The van der Waals surface area contributed by atoms with Crippen LogP contribution in [-0.4, -0.2) is 119 Å². The number of ether oxygens (including phenoxy) is 3. The number of methoxy groups -OCH3 is 2. The largest absolute Gasteiger partial charge is 0.481 e. The number of aromatic nitrogens is 20. The SMILES string of the molecule is CC(C)COc1ccc(-c2c(-c3ccccc3)sc3c(=O)[nH]c(-c4nccn4C)nc23)cn1.COCc1ccc(-c2csc3c(=O)[nH]c(-c4ccccn4)nc23)cc1C.COc1ccc(-c2c(-c3ccccc3)sc3c(=O)[nH]c(-c4nccn4C)nc23)cn1.Cc1cccc(-c2csc3c(=O)[nH]c(-c4ccccn4)nc23)c1.Cn1ccnc1-c1nc2c(-c3ccccc3Cl)c(-c3ccccc3)sc2c(=O)[nH]1. The van der Waals surface area contributed by atoms with Crippen molar-refractivity contribution in [2.45, 2.75) is 34.3 Å². The van der Waals surface area contributed by atoms with Gasteiger partial charge in [0.1, 0.15) is 34.9 Å². The molecule has 0 bridgehead atoms. The monoisotopic (exact) mass is 1970 g/mol. The molecule has 0 radical (unpaired) electrons. The number of hydrogen-bond donors (Lipinski definition) is 5. The number of halogens is 1. The smallest absolute Gasteiger partial charge is 0.269 e. The maximum Gasteiger partial charge on any atom is 0.269 e. The Balaban J connectivity index is 0.000000113. The summed E-state index contributed by atoms with van der Waals surface area (Å²) in [6.45, 7) is 9.50. The number of nitrogens with one attached hydrogen (secondary N) is 5. The van der Waals surface area contributed by atoms with Crippen molar-refractivity contribution in [3.63, 3.8) is 0 Å². The topological polar surface area (TPSA) is 361 Å². The maximum absolute atomic E-state index is 13.1. The Hall–Kier alpha value is -16.4. The molecule has 23 rings (SSSR count). The molecule has 17 aromatic heterocycles. The number of imidazole rings is 3. The van der Waals surface area contributed by atoms with Gasteiger partial charge < -0.3 is 52.8 Å². The number of H-pyrrole nitrogens is 5. The van der Waals surface area contributed by atoms with E-state index >= 15 is 0 Å². The zero-order chi connectivity index (χ0) is 97.5. The molecule has 698 valence electrons. The molecule has 0 spiro atoms. The number of fused-ring (bicyclic) bond motifs is 5. The quantitative estimate of drug-likeness (QED) is 0.0502. The Labute approximate surface area is 829 Å². The van der Waals surface area contributed by atoms with Gasteiger partial charge in [-0.15, -0.1) is 56.7 Å². The molecule has 0 atom stereocenters. The molecule has 0 aliphatic carbocycles. The number of pyridine rings is 4. The minimum absolute atomic E-state index is 0.125. The van der Waals surface area contributed by atoms with Gasteiger partial charge in [0.25, 0.3) is 27.8 Å². The Morgan fingerprint density at radius 2 is 0.766 bits per heavy atom. The molecule has 0 saturated heterocycles. The highest BCUT2D eigenvalue weighted by Crippen LogP contribution is 2.48. The van der Waals surface area contributed by atoms with E-state index in [1.165, 1.54) is 62.2 Å². The summed E-state index contributed by atoms with van der Waals surface area (Å²) in [7, 11) is 8.87. The third-order valence-corrected chi connectivity index (χ3v) is 28.7. The van der Waals surface area contributed by atoms with Gasteiger partial charge in [-0.1, -0.05) is 195 Å². The second-order valence-electron chi connectivity index (χ2n) is 32.9. The van der Waals surface area contributed by atoms with E-state index in [9.17, 15) is 24.0 Å². The van der Waals surface area contributed by atoms with Crippen LogP contribution in [0.1, 0.15) is 30.5 Å². The van der Waals surface area contributed by atoms with Crippen molar-refractivity contribution in [3.8, 4) is 157 Å². The van der Waals surface area contributed by atoms with Crippen LogP contribution in [0.25, 0.3) is 196 Å². The van der Waals surface area contributed by atoms with Crippen molar-refractivity contribution in [1.29, 1.82) is 0 Å². The van der Waals surface area contributed by atoms with E-state index in [1.807, 2.05) is 252 Å². The fourth-order valence-corrected chi connectivity index (χ4v) is 21.4. The molecule has 0 fully saturated rings. The number of benzene rings is 6.